The maximum atomic E-state index is 4.68. The molecule has 0 radical (unpaired) electrons. The van der Waals surface area contributed by atoms with E-state index in [-0.39, 0.29) is 0 Å². The second kappa shape index (κ2) is 6.21. The molecule has 0 aliphatic rings. The number of hydrogen-bond acceptors (Lipinski definition) is 6. The molecule has 1 N–H and O–H groups in total. The van der Waals surface area contributed by atoms with Gasteiger partial charge in [0.05, 0.1) is 5.69 Å². The second-order valence-electron chi connectivity index (χ2n) is 5.17. The molecule has 118 valence electrons. The van der Waals surface area contributed by atoms with Gasteiger partial charge in [-0.1, -0.05) is 30.3 Å². The van der Waals surface area contributed by atoms with Crippen LogP contribution in [0.1, 0.15) is 0 Å². The van der Waals surface area contributed by atoms with Crippen LogP contribution in [0.5, 0.6) is 0 Å². The Balaban J connectivity index is 1.61. The van der Waals surface area contributed by atoms with Gasteiger partial charge >= 0.3 is 0 Å². The molecule has 0 bridgehead atoms. The van der Waals surface area contributed by atoms with Crippen LogP contribution in [0.25, 0.3) is 22.0 Å². The minimum Gasteiger partial charge on any atom is -0.307 e. The van der Waals surface area contributed by atoms with Crippen molar-refractivity contribution >= 4 is 23.1 Å². The third-order valence-corrected chi connectivity index (χ3v) is 4.27. The highest BCUT2D eigenvalue weighted by Gasteiger charge is 2.09. The highest BCUT2D eigenvalue weighted by Crippen LogP contribution is 2.28. The summed E-state index contributed by atoms with van der Waals surface area (Å²) in [4.78, 5) is 13.5. The molecule has 6 nitrogen and oxygen atoms in total. The largest absolute Gasteiger partial charge is 0.307 e. The summed E-state index contributed by atoms with van der Waals surface area (Å²) in [5.41, 5.74) is 2.84. The van der Waals surface area contributed by atoms with E-state index in [1.807, 2.05) is 61.1 Å². The lowest BCUT2D eigenvalue weighted by atomic mass is 10.2. The molecule has 24 heavy (non-hydrogen) atoms. The van der Waals surface area contributed by atoms with Crippen LogP contribution in [0.3, 0.4) is 0 Å². The fraction of sp³-hybridized carbons (Fsp3) is 0.0588. The number of anilines is 2. The number of aromatic nitrogens is 5. The van der Waals surface area contributed by atoms with E-state index in [0.29, 0.717) is 11.8 Å². The lowest BCUT2D eigenvalue weighted by Crippen LogP contribution is -1.99. The van der Waals surface area contributed by atoms with Gasteiger partial charge in [-0.15, -0.1) is 11.3 Å². The van der Waals surface area contributed by atoms with Crippen molar-refractivity contribution in [2.75, 3.05) is 5.32 Å². The van der Waals surface area contributed by atoms with E-state index < -0.39 is 0 Å². The maximum absolute atomic E-state index is 4.68. The van der Waals surface area contributed by atoms with E-state index in [1.54, 1.807) is 22.2 Å². The predicted octanol–water partition coefficient (Wildman–Crippen LogP) is 3.74. The highest BCUT2D eigenvalue weighted by atomic mass is 32.1. The molecule has 1 aromatic carbocycles. The van der Waals surface area contributed by atoms with Crippen LogP contribution >= 0.6 is 11.3 Å². The van der Waals surface area contributed by atoms with Crippen LogP contribution in [-0.2, 0) is 7.05 Å². The molecule has 3 aromatic heterocycles. The Morgan fingerprint density at radius 2 is 1.88 bits per heavy atom. The third kappa shape index (κ3) is 3.02. The molecule has 0 fully saturated rings. The van der Waals surface area contributed by atoms with Gasteiger partial charge in [-0.05, 0) is 6.07 Å². The van der Waals surface area contributed by atoms with Crippen molar-refractivity contribution in [3.05, 3.63) is 60.2 Å². The van der Waals surface area contributed by atoms with Crippen molar-refractivity contribution < 1.29 is 0 Å². The zero-order valence-electron chi connectivity index (χ0n) is 12.9. The summed E-state index contributed by atoms with van der Waals surface area (Å²) in [6, 6.07) is 13.8. The fourth-order valence-electron chi connectivity index (χ4n) is 2.27. The first kappa shape index (κ1) is 14.5. The van der Waals surface area contributed by atoms with E-state index in [9.17, 15) is 0 Å². The summed E-state index contributed by atoms with van der Waals surface area (Å²) < 4.78 is 1.72. The Morgan fingerprint density at radius 1 is 1.00 bits per heavy atom. The van der Waals surface area contributed by atoms with Crippen LogP contribution in [-0.4, -0.2) is 24.7 Å². The zero-order chi connectivity index (χ0) is 16.4. The molecule has 0 saturated carbocycles. The Morgan fingerprint density at radius 3 is 2.67 bits per heavy atom. The van der Waals surface area contributed by atoms with Gasteiger partial charge in [-0.2, -0.15) is 5.10 Å². The molecule has 7 heteroatoms. The minimum atomic E-state index is 0.502. The van der Waals surface area contributed by atoms with Gasteiger partial charge in [-0.25, -0.2) is 15.0 Å². The number of nitrogens with one attached hydrogen (secondary N) is 1. The molecular formula is C17H14N6S. The van der Waals surface area contributed by atoms with Crippen molar-refractivity contribution in [2.45, 2.75) is 0 Å². The Hall–Kier alpha value is -3.06. The first-order chi connectivity index (χ1) is 11.8. The molecule has 0 spiro atoms. The van der Waals surface area contributed by atoms with Crippen molar-refractivity contribution in [1.29, 1.82) is 0 Å². The van der Waals surface area contributed by atoms with Crippen molar-refractivity contribution in [2.24, 2.45) is 7.05 Å². The van der Waals surface area contributed by atoms with Gasteiger partial charge < -0.3 is 5.32 Å². The molecule has 0 aliphatic heterocycles. The van der Waals surface area contributed by atoms with E-state index in [4.69, 9.17) is 0 Å². The Labute approximate surface area is 142 Å². The van der Waals surface area contributed by atoms with Crippen molar-refractivity contribution in [1.82, 2.24) is 24.7 Å². The Bertz CT molecular complexity index is 960. The van der Waals surface area contributed by atoms with E-state index in [0.717, 1.165) is 22.0 Å². The summed E-state index contributed by atoms with van der Waals surface area (Å²) in [7, 11) is 1.86. The predicted molar refractivity (Wildman–Crippen MR) is 95.1 cm³/mol. The maximum Gasteiger partial charge on any atom is 0.229 e. The zero-order valence-corrected chi connectivity index (χ0v) is 13.7. The Kier molecular flexibility index (Phi) is 3.76. The van der Waals surface area contributed by atoms with Crippen LogP contribution in [0.15, 0.2) is 60.2 Å². The number of rotatable bonds is 4. The summed E-state index contributed by atoms with van der Waals surface area (Å²) >= 11 is 1.57. The molecule has 4 aromatic rings. The van der Waals surface area contributed by atoms with Crippen LogP contribution in [0.2, 0.25) is 0 Å². The minimum absolute atomic E-state index is 0.502. The first-order valence-corrected chi connectivity index (χ1v) is 8.27. The summed E-state index contributed by atoms with van der Waals surface area (Å²) in [5.74, 6) is 1.21. The molecule has 0 amide bonds. The van der Waals surface area contributed by atoms with Crippen molar-refractivity contribution in [3.63, 3.8) is 0 Å². The number of thiazole rings is 1. The summed E-state index contributed by atoms with van der Waals surface area (Å²) in [6.07, 6.45) is 3.58. The highest BCUT2D eigenvalue weighted by molar-refractivity contribution is 7.13. The van der Waals surface area contributed by atoms with Gasteiger partial charge in [0.25, 0.3) is 0 Å². The summed E-state index contributed by atoms with van der Waals surface area (Å²) in [6.45, 7) is 0. The molecule has 3 heterocycles. The lowest BCUT2D eigenvalue weighted by Gasteiger charge is -2.02. The van der Waals surface area contributed by atoms with Crippen molar-refractivity contribution in [3.8, 4) is 22.0 Å². The molecule has 4 rings (SSSR count). The average molecular weight is 334 g/mol. The normalized spacial score (nSPS) is 10.7. The van der Waals surface area contributed by atoms with Crippen LogP contribution in [0, 0.1) is 0 Å². The standard InChI is InChI=1S/C17H14N6S/c1-23-10-8-15(22-23)21-17-18-9-7-13(20-17)16-19-14(11-24-16)12-5-3-2-4-6-12/h2-11H,1H3,(H,18,20,21,22). The third-order valence-electron chi connectivity index (χ3n) is 3.40. The average Bonchev–Trinajstić information content (AvgIpc) is 3.25. The number of hydrogen-bond donors (Lipinski definition) is 1. The fourth-order valence-corrected chi connectivity index (χ4v) is 3.06. The van der Waals surface area contributed by atoms with Gasteiger partial charge in [0.15, 0.2) is 5.82 Å². The molecule has 0 atom stereocenters. The lowest BCUT2D eigenvalue weighted by molar-refractivity contribution is 0.771. The van der Waals surface area contributed by atoms with E-state index >= 15 is 0 Å². The molecule has 0 saturated heterocycles. The number of aryl methyl sites for hydroxylation is 1. The monoisotopic (exact) mass is 334 g/mol. The van der Waals surface area contributed by atoms with Crippen LogP contribution in [0.4, 0.5) is 11.8 Å². The van der Waals surface area contributed by atoms with Gasteiger partial charge in [0.2, 0.25) is 5.95 Å². The SMILES string of the molecule is Cn1ccc(Nc2nccc(-c3nc(-c4ccccc4)cs3)n2)n1. The van der Waals surface area contributed by atoms with E-state index in [1.165, 1.54) is 0 Å². The van der Waals surface area contributed by atoms with Gasteiger partial charge in [0, 0.05) is 36.5 Å². The smallest absolute Gasteiger partial charge is 0.229 e. The quantitative estimate of drug-likeness (QED) is 0.616. The molecule has 0 unspecified atom stereocenters. The topological polar surface area (TPSA) is 68.5 Å². The first-order valence-electron chi connectivity index (χ1n) is 7.39. The van der Waals surface area contributed by atoms with Gasteiger partial charge in [0.1, 0.15) is 10.7 Å². The summed E-state index contributed by atoms with van der Waals surface area (Å²) in [5, 5.41) is 10.3. The second-order valence-corrected chi connectivity index (χ2v) is 6.03. The van der Waals surface area contributed by atoms with Crippen LogP contribution < -0.4 is 5.32 Å². The molecular weight excluding hydrogens is 320 g/mol. The van der Waals surface area contributed by atoms with E-state index in [2.05, 4.69) is 25.4 Å². The number of benzene rings is 1. The van der Waals surface area contributed by atoms with Gasteiger partial charge in [-0.3, -0.25) is 4.68 Å². The number of nitrogens with zero attached hydrogens (tertiary/aromatic N) is 5. The molecule has 0 aliphatic carbocycles.